The monoisotopic (exact) mass is 312 g/mol. The van der Waals surface area contributed by atoms with E-state index in [1.54, 1.807) is 31.3 Å². The molecule has 2 rings (SSSR count). The Balaban J connectivity index is 2.04. The Labute approximate surface area is 128 Å². The molecular formula is C15H18F2N2OS. The first-order chi connectivity index (χ1) is 9.80. The number of hydrogen-bond acceptors (Lipinski definition) is 2. The summed E-state index contributed by atoms with van der Waals surface area (Å²) < 4.78 is 26.3. The summed E-state index contributed by atoms with van der Waals surface area (Å²) >= 11 is 4.87. The number of carbonyl (C=O) groups is 1. The number of hydrogen-bond donors (Lipinski definition) is 1. The van der Waals surface area contributed by atoms with E-state index in [2.05, 4.69) is 0 Å². The Bertz CT molecular complexity index is 535. The largest absolute Gasteiger partial charge is 0.389 e. The van der Waals surface area contributed by atoms with Crippen molar-refractivity contribution in [1.82, 2.24) is 0 Å². The van der Waals surface area contributed by atoms with Crippen molar-refractivity contribution in [2.24, 2.45) is 11.7 Å². The van der Waals surface area contributed by atoms with Gasteiger partial charge in [0.05, 0.1) is 0 Å². The smallest absolute Gasteiger partial charge is 0.248 e. The van der Waals surface area contributed by atoms with Crippen LogP contribution in [0.3, 0.4) is 0 Å². The molecule has 1 saturated carbocycles. The van der Waals surface area contributed by atoms with Crippen molar-refractivity contribution in [3.05, 3.63) is 29.8 Å². The molecule has 2 N–H and O–H groups in total. The van der Waals surface area contributed by atoms with Gasteiger partial charge in [-0.3, -0.25) is 4.79 Å². The first-order valence-electron chi connectivity index (χ1n) is 6.85. The van der Waals surface area contributed by atoms with E-state index in [0.29, 0.717) is 10.7 Å². The third kappa shape index (κ3) is 3.75. The number of alkyl halides is 2. The molecule has 0 spiro atoms. The number of carbonyl (C=O) groups excluding carboxylic acids is 1. The highest BCUT2D eigenvalue weighted by Gasteiger charge is 2.38. The molecule has 21 heavy (non-hydrogen) atoms. The van der Waals surface area contributed by atoms with Gasteiger partial charge in [-0.15, -0.1) is 0 Å². The Morgan fingerprint density at radius 1 is 1.29 bits per heavy atom. The zero-order valence-corrected chi connectivity index (χ0v) is 12.6. The minimum absolute atomic E-state index is 0.117. The lowest BCUT2D eigenvalue weighted by atomic mass is 9.86. The fourth-order valence-corrected chi connectivity index (χ4v) is 2.67. The molecule has 0 aromatic heterocycles. The van der Waals surface area contributed by atoms with Gasteiger partial charge in [-0.25, -0.2) is 8.78 Å². The third-order valence-corrected chi connectivity index (χ3v) is 4.17. The van der Waals surface area contributed by atoms with Gasteiger partial charge in [0.25, 0.3) is 0 Å². The van der Waals surface area contributed by atoms with Crippen LogP contribution in [0.5, 0.6) is 0 Å². The van der Waals surface area contributed by atoms with Crippen LogP contribution in [0.25, 0.3) is 0 Å². The second-order valence-electron chi connectivity index (χ2n) is 5.44. The van der Waals surface area contributed by atoms with Crippen molar-refractivity contribution in [2.75, 3.05) is 11.9 Å². The molecule has 0 atom stereocenters. The lowest BCUT2D eigenvalue weighted by Crippen LogP contribution is -2.37. The molecule has 0 unspecified atom stereocenters. The minimum atomic E-state index is -2.62. The zero-order chi connectivity index (χ0) is 15.6. The molecule has 1 aliphatic carbocycles. The van der Waals surface area contributed by atoms with E-state index >= 15 is 0 Å². The molecular weight excluding hydrogens is 294 g/mol. The van der Waals surface area contributed by atoms with E-state index in [4.69, 9.17) is 18.0 Å². The maximum Gasteiger partial charge on any atom is 0.248 e. The van der Waals surface area contributed by atoms with Crippen LogP contribution < -0.4 is 10.6 Å². The topological polar surface area (TPSA) is 46.3 Å². The Kier molecular flexibility index (Phi) is 4.56. The lowest BCUT2D eigenvalue weighted by Gasteiger charge is -2.30. The molecule has 0 heterocycles. The summed E-state index contributed by atoms with van der Waals surface area (Å²) in [5.74, 6) is -3.06. The number of nitrogens with zero attached hydrogens (tertiary/aromatic N) is 1. The van der Waals surface area contributed by atoms with Crippen molar-refractivity contribution in [3.8, 4) is 0 Å². The van der Waals surface area contributed by atoms with Gasteiger partial charge in [-0.1, -0.05) is 12.2 Å². The van der Waals surface area contributed by atoms with Gasteiger partial charge in [-0.05, 0) is 37.1 Å². The SMILES string of the molecule is CN(C(=O)C1CCC(F)(F)CC1)c1ccc(C(N)=S)cc1. The molecule has 3 nitrogen and oxygen atoms in total. The summed E-state index contributed by atoms with van der Waals surface area (Å²) in [5, 5.41) is 0. The summed E-state index contributed by atoms with van der Waals surface area (Å²) in [6.07, 6.45) is 0.0531. The maximum atomic E-state index is 13.1. The second kappa shape index (κ2) is 6.05. The van der Waals surface area contributed by atoms with Gasteiger partial charge in [0.15, 0.2) is 0 Å². The summed E-state index contributed by atoms with van der Waals surface area (Å²) in [4.78, 5) is 14.2. The first kappa shape index (κ1) is 15.8. The molecule has 114 valence electrons. The number of nitrogens with two attached hydrogens (primary N) is 1. The van der Waals surface area contributed by atoms with E-state index < -0.39 is 5.92 Å². The maximum absolute atomic E-state index is 13.1. The van der Waals surface area contributed by atoms with Crippen LogP contribution in [0.2, 0.25) is 0 Å². The van der Waals surface area contributed by atoms with Crippen molar-refractivity contribution >= 4 is 28.8 Å². The fourth-order valence-electron chi connectivity index (χ4n) is 2.54. The minimum Gasteiger partial charge on any atom is -0.389 e. The number of benzene rings is 1. The van der Waals surface area contributed by atoms with E-state index in [0.717, 1.165) is 5.56 Å². The third-order valence-electron chi connectivity index (χ3n) is 3.94. The normalized spacial score (nSPS) is 18.2. The molecule has 1 aliphatic rings. The molecule has 1 aromatic carbocycles. The number of halogens is 2. The standard InChI is InChI=1S/C15H18F2N2OS/c1-19(12-4-2-10(3-5-12)13(18)21)14(20)11-6-8-15(16,17)9-7-11/h2-5,11H,6-9H2,1H3,(H2,18,21). The predicted octanol–water partition coefficient (Wildman–Crippen LogP) is 3.11. The van der Waals surface area contributed by atoms with Crippen LogP contribution in [0.4, 0.5) is 14.5 Å². The Morgan fingerprint density at radius 2 is 1.81 bits per heavy atom. The van der Waals surface area contributed by atoms with Gasteiger partial charge in [0.2, 0.25) is 11.8 Å². The Hall–Kier alpha value is -1.56. The zero-order valence-electron chi connectivity index (χ0n) is 11.8. The van der Waals surface area contributed by atoms with Gasteiger partial charge in [0, 0.05) is 37.1 Å². The molecule has 6 heteroatoms. The van der Waals surface area contributed by atoms with Gasteiger partial charge >= 0.3 is 0 Å². The van der Waals surface area contributed by atoms with Crippen molar-refractivity contribution in [3.63, 3.8) is 0 Å². The molecule has 1 fully saturated rings. The summed E-state index contributed by atoms with van der Waals surface area (Å²) in [5.41, 5.74) is 6.96. The van der Waals surface area contributed by atoms with E-state index in [1.807, 2.05) is 0 Å². The highest BCUT2D eigenvalue weighted by atomic mass is 32.1. The fraction of sp³-hybridized carbons (Fsp3) is 0.467. The summed E-state index contributed by atoms with van der Waals surface area (Å²) in [7, 11) is 1.66. The summed E-state index contributed by atoms with van der Waals surface area (Å²) in [6.45, 7) is 0. The molecule has 1 aromatic rings. The molecule has 1 amide bonds. The highest BCUT2D eigenvalue weighted by Crippen LogP contribution is 2.37. The highest BCUT2D eigenvalue weighted by molar-refractivity contribution is 7.80. The molecule has 0 saturated heterocycles. The van der Waals surface area contributed by atoms with E-state index in [1.165, 1.54) is 4.90 Å². The van der Waals surface area contributed by atoms with E-state index in [9.17, 15) is 13.6 Å². The molecule has 0 bridgehead atoms. The average molecular weight is 312 g/mol. The first-order valence-corrected chi connectivity index (χ1v) is 7.26. The quantitative estimate of drug-likeness (QED) is 0.872. The number of amides is 1. The van der Waals surface area contributed by atoms with Crippen molar-refractivity contribution in [1.29, 1.82) is 0 Å². The van der Waals surface area contributed by atoms with Gasteiger partial charge < -0.3 is 10.6 Å². The van der Waals surface area contributed by atoms with Crippen LogP contribution >= 0.6 is 12.2 Å². The predicted molar refractivity (Wildman–Crippen MR) is 82.6 cm³/mol. The van der Waals surface area contributed by atoms with E-state index in [-0.39, 0.29) is 37.5 Å². The number of thiocarbonyl (C=S) groups is 1. The number of anilines is 1. The molecule has 0 aliphatic heterocycles. The van der Waals surface area contributed by atoms with Crippen LogP contribution in [0.15, 0.2) is 24.3 Å². The summed E-state index contributed by atoms with van der Waals surface area (Å²) in [6, 6.07) is 7.00. The number of rotatable bonds is 3. The van der Waals surface area contributed by atoms with Crippen LogP contribution in [-0.2, 0) is 4.79 Å². The Morgan fingerprint density at radius 3 is 2.29 bits per heavy atom. The lowest BCUT2D eigenvalue weighted by molar-refractivity contribution is -0.126. The molecule has 0 radical (unpaired) electrons. The van der Waals surface area contributed by atoms with Crippen molar-refractivity contribution < 1.29 is 13.6 Å². The van der Waals surface area contributed by atoms with Gasteiger partial charge in [0.1, 0.15) is 4.99 Å². The van der Waals surface area contributed by atoms with Gasteiger partial charge in [-0.2, -0.15) is 0 Å². The van der Waals surface area contributed by atoms with Crippen molar-refractivity contribution in [2.45, 2.75) is 31.6 Å². The average Bonchev–Trinajstić information content (AvgIpc) is 2.46. The van der Waals surface area contributed by atoms with Crippen LogP contribution in [0, 0.1) is 5.92 Å². The van der Waals surface area contributed by atoms with Crippen LogP contribution in [-0.4, -0.2) is 23.9 Å². The van der Waals surface area contributed by atoms with Crippen LogP contribution in [0.1, 0.15) is 31.2 Å². The second-order valence-corrected chi connectivity index (χ2v) is 5.88.